The third-order valence-electron chi connectivity index (χ3n) is 2.23. The van der Waals surface area contributed by atoms with E-state index in [1.54, 1.807) is 7.11 Å². The first-order valence-electron chi connectivity index (χ1n) is 6.08. The average molecular weight is 238 g/mol. The lowest BCUT2D eigenvalue weighted by atomic mass is 10.4. The molecule has 0 aliphatic heterocycles. The number of nitrogens with zero attached hydrogens (tertiary/aromatic N) is 2. The number of methoxy groups -OCH3 is 1. The summed E-state index contributed by atoms with van der Waals surface area (Å²) in [4.78, 5) is 8.67. The highest BCUT2D eigenvalue weighted by molar-refractivity contribution is 5.47. The number of rotatable bonds is 8. The topological polar surface area (TPSA) is 59.1 Å². The van der Waals surface area contributed by atoms with Crippen LogP contribution in [0.1, 0.15) is 25.6 Å². The van der Waals surface area contributed by atoms with E-state index in [-0.39, 0.29) is 0 Å². The minimum Gasteiger partial charge on any atom is -0.385 e. The molecule has 0 atom stereocenters. The Labute approximate surface area is 103 Å². The number of anilines is 2. The fraction of sp³-hybridized carbons (Fsp3) is 0.667. The molecule has 0 saturated heterocycles. The highest BCUT2D eigenvalue weighted by Gasteiger charge is 2.00. The Bertz CT molecular complexity index is 330. The maximum Gasteiger partial charge on any atom is 0.131 e. The highest BCUT2D eigenvalue weighted by Crippen LogP contribution is 2.10. The van der Waals surface area contributed by atoms with Crippen molar-refractivity contribution in [1.29, 1.82) is 0 Å². The van der Waals surface area contributed by atoms with E-state index in [2.05, 4.69) is 27.5 Å². The lowest BCUT2D eigenvalue weighted by Crippen LogP contribution is -2.09. The van der Waals surface area contributed by atoms with Crippen LogP contribution in [0.4, 0.5) is 11.6 Å². The van der Waals surface area contributed by atoms with Crippen LogP contribution in [0, 0.1) is 6.92 Å². The summed E-state index contributed by atoms with van der Waals surface area (Å²) in [6.45, 7) is 6.58. The van der Waals surface area contributed by atoms with Crippen molar-refractivity contribution in [2.24, 2.45) is 0 Å². The van der Waals surface area contributed by atoms with Gasteiger partial charge in [-0.3, -0.25) is 0 Å². The average Bonchev–Trinajstić information content (AvgIpc) is 2.31. The molecule has 0 saturated carbocycles. The molecule has 5 heteroatoms. The van der Waals surface area contributed by atoms with Crippen molar-refractivity contribution in [3.05, 3.63) is 11.9 Å². The summed E-state index contributed by atoms with van der Waals surface area (Å²) < 4.78 is 5.00. The van der Waals surface area contributed by atoms with Gasteiger partial charge in [0.2, 0.25) is 0 Å². The molecule has 0 bridgehead atoms. The van der Waals surface area contributed by atoms with Crippen LogP contribution >= 0.6 is 0 Å². The van der Waals surface area contributed by atoms with Crippen molar-refractivity contribution in [3.8, 4) is 0 Å². The maximum atomic E-state index is 5.00. The Kier molecular flexibility index (Phi) is 6.32. The summed E-state index contributed by atoms with van der Waals surface area (Å²) in [6.07, 6.45) is 2.05. The molecule has 0 radical (unpaired) electrons. The first-order chi connectivity index (χ1) is 8.26. The number of hydrogen-bond donors (Lipinski definition) is 2. The van der Waals surface area contributed by atoms with Crippen LogP contribution in [0.5, 0.6) is 0 Å². The second kappa shape index (κ2) is 7.84. The normalized spacial score (nSPS) is 10.3. The van der Waals surface area contributed by atoms with Crippen LogP contribution < -0.4 is 10.6 Å². The maximum absolute atomic E-state index is 5.00. The summed E-state index contributed by atoms with van der Waals surface area (Å²) in [5.41, 5.74) is 0. The summed E-state index contributed by atoms with van der Waals surface area (Å²) >= 11 is 0. The van der Waals surface area contributed by atoms with Crippen LogP contribution in [-0.4, -0.2) is 36.8 Å². The molecule has 0 aliphatic carbocycles. The zero-order valence-corrected chi connectivity index (χ0v) is 10.9. The molecule has 0 fully saturated rings. The van der Waals surface area contributed by atoms with E-state index in [0.717, 1.165) is 50.0 Å². The summed E-state index contributed by atoms with van der Waals surface area (Å²) in [5, 5.41) is 6.53. The molecular weight excluding hydrogens is 216 g/mol. The van der Waals surface area contributed by atoms with Crippen molar-refractivity contribution in [2.75, 3.05) is 37.4 Å². The summed E-state index contributed by atoms with van der Waals surface area (Å²) in [5.74, 6) is 2.53. The molecule has 0 aliphatic rings. The smallest absolute Gasteiger partial charge is 0.131 e. The first kappa shape index (κ1) is 13.7. The molecule has 17 heavy (non-hydrogen) atoms. The Hall–Kier alpha value is -1.36. The Morgan fingerprint density at radius 1 is 1.18 bits per heavy atom. The molecule has 1 rings (SSSR count). The molecule has 5 nitrogen and oxygen atoms in total. The van der Waals surface area contributed by atoms with Gasteiger partial charge >= 0.3 is 0 Å². The van der Waals surface area contributed by atoms with Gasteiger partial charge in [0.05, 0.1) is 0 Å². The van der Waals surface area contributed by atoms with Crippen molar-refractivity contribution in [2.45, 2.75) is 26.7 Å². The van der Waals surface area contributed by atoms with Crippen LogP contribution in [-0.2, 0) is 4.74 Å². The van der Waals surface area contributed by atoms with Gasteiger partial charge in [-0.2, -0.15) is 0 Å². The number of nitrogens with one attached hydrogen (secondary N) is 2. The number of aromatic nitrogens is 2. The summed E-state index contributed by atoms with van der Waals surface area (Å²) in [6, 6.07) is 1.94. The minimum absolute atomic E-state index is 0.762. The van der Waals surface area contributed by atoms with E-state index in [4.69, 9.17) is 4.74 Å². The predicted molar refractivity (Wildman–Crippen MR) is 70.5 cm³/mol. The minimum atomic E-state index is 0.762. The van der Waals surface area contributed by atoms with Gasteiger partial charge in [0, 0.05) is 32.9 Å². The quantitative estimate of drug-likeness (QED) is 0.679. The molecule has 0 spiro atoms. The van der Waals surface area contributed by atoms with E-state index in [0.29, 0.717) is 0 Å². The number of aryl methyl sites for hydroxylation is 1. The van der Waals surface area contributed by atoms with Gasteiger partial charge in [-0.1, -0.05) is 6.92 Å². The van der Waals surface area contributed by atoms with Gasteiger partial charge < -0.3 is 15.4 Å². The molecule has 2 N–H and O–H groups in total. The lowest BCUT2D eigenvalue weighted by Gasteiger charge is -2.09. The Morgan fingerprint density at radius 3 is 2.41 bits per heavy atom. The SMILES string of the molecule is CCCNc1cc(NCCCOC)nc(C)n1. The molecule has 96 valence electrons. The van der Waals surface area contributed by atoms with E-state index < -0.39 is 0 Å². The van der Waals surface area contributed by atoms with Gasteiger partial charge in [-0.25, -0.2) is 9.97 Å². The van der Waals surface area contributed by atoms with Crippen molar-refractivity contribution in [3.63, 3.8) is 0 Å². The molecule has 0 aromatic carbocycles. The molecular formula is C12H22N4O. The van der Waals surface area contributed by atoms with Crippen LogP contribution in [0.3, 0.4) is 0 Å². The van der Waals surface area contributed by atoms with Crippen molar-refractivity contribution in [1.82, 2.24) is 9.97 Å². The summed E-state index contributed by atoms with van der Waals surface area (Å²) in [7, 11) is 1.71. The largest absolute Gasteiger partial charge is 0.385 e. The third kappa shape index (κ3) is 5.49. The van der Waals surface area contributed by atoms with Crippen LogP contribution in [0.2, 0.25) is 0 Å². The second-order valence-corrected chi connectivity index (χ2v) is 3.89. The van der Waals surface area contributed by atoms with E-state index in [1.807, 2.05) is 13.0 Å². The zero-order chi connectivity index (χ0) is 12.5. The number of hydrogen-bond acceptors (Lipinski definition) is 5. The van der Waals surface area contributed by atoms with Gasteiger partial charge in [0.25, 0.3) is 0 Å². The van der Waals surface area contributed by atoms with E-state index >= 15 is 0 Å². The molecule has 1 aromatic rings. The monoisotopic (exact) mass is 238 g/mol. The van der Waals surface area contributed by atoms with Crippen LogP contribution in [0.25, 0.3) is 0 Å². The second-order valence-electron chi connectivity index (χ2n) is 3.89. The van der Waals surface area contributed by atoms with Gasteiger partial charge in [-0.15, -0.1) is 0 Å². The standard InChI is InChI=1S/C12H22N4O/c1-4-6-13-11-9-12(16-10(2)15-11)14-7-5-8-17-3/h9H,4-8H2,1-3H3,(H2,13,14,15,16). The van der Waals surface area contributed by atoms with Gasteiger partial charge in [0.1, 0.15) is 17.5 Å². The molecule has 1 aromatic heterocycles. The first-order valence-corrected chi connectivity index (χ1v) is 6.08. The Morgan fingerprint density at radius 2 is 1.82 bits per heavy atom. The van der Waals surface area contributed by atoms with E-state index in [9.17, 15) is 0 Å². The Balaban J connectivity index is 2.50. The van der Waals surface area contributed by atoms with Crippen molar-refractivity contribution >= 4 is 11.6 Å². The van der Waals surface area contributed by atoms with E-state index in [1.165, 1.54) is 0 Å². The highest BCUT2D eigenvalue weighted by atomic mass is 16.5. The zero-order valence-electron chi connectivity index (χ0n) is 10.9. The fourth-order valence-electron chi connectivity index (χ4n) is 1.43. The van der Waals surface area contributed by atoms with Gasteiger partial charge in [0.15, 0.2) is 0 Å². The third-order valence-corrected chi connectivity index (χ3v) is 2.23. The molecule has 1 heterocycles. The lowest BCUT2D eigenvalue weighted by molar-refractivity contribution is 0.198. The molecule has 0 unspecified atom stereocenters. The predicted octanol–water partition coefficient (Wildman–Crippen LogP) is 2.06. The fourth-order valence-corrected chi connectivity index (χ4v) is 1.43. The number of ether oxygens (including phenoxy) is 1. The van der Waals surface area contributed by atoms with Crippen LogP contribution in [0.15, 0.2) is 6.07 Å². The molecule has 0 amide bonds. The van der Waals surface area contributed by atoms with Crippen molar-refractivity contribution < 1.29 is 4.74 Å². The van der Waals surface area contributed by atoms with Gasteiger partial charge in [-0.05, 0) is 19.8 Å².